The van der Waals surface area contributed by atoms with Crippen molar-refractivity contribution < 1.29 is 22.8 Å². The third-order valence-corrected chi connectivity index (χ3v) is 6.40. The van der Waals surface area contributed by atoms with Gasteiger partial charge in [-0.15, -0.1) is 0 Å². The van der Waals surface area contributed by atoms with Crippen molar-refractivity contribution in [3.05, 3.63) is 112 Å². The summed E-state index contributed by atoms with van der Waals surface area (Å²) in [6, 6.07) is 12.4. The Labute approximate surface area is 229 Å². The Morgan fingerprint density at radius 2 is 1.73 bits per heavy atom. The first-order chi connectivity index (χ1) is 19.1. The molecule has 10 heteroatoms. The predicted molar refractivity (Wildman–Crippen MR) is 147 cm³/mol. The second-order valence-corrected chi connectivity index (χ2v) is 9.59. The number of unbranched alkanes of at least 4 members (excludes halogenated alkanes) is 1. The number of nitrogens with zero attached hydrogens (tertiary/aromatic N) is 3. The highest BCUT2D eigenvalue weighted by atomic mass is 19.1. The van der Waals surface area contributed by atoms with Crippen molar-refractivity contribution >= 4 is 28.4 Å². The molecule has 0 radical (unpaired) electrons. The number of allylic oxidation sites excluding steroid dienone is 1. The number of hydrogen-bond donors (Lipinski definition) is 1. The van der Waals surface area contributed by atoms with E-state index >= 15 is 0 Å². The van der Waals surface area contributed by atoms with E-state index in [-0.39, 0.29) is 42.6 Å². The lowest BCUT2D eigenvalue weighted by molar-refractivity contribution is -0.123. The van der Waals surface area contributed by atoms with Gasteiger partial charge in [0.1, 0.15) is 23.1 Å². The van der Waals surface area contributed by atoms with E-state index in [0.29, 0.717) is 29.4 Å². The zero-order chi connectivity index (χ0) is 28.8. The van der Waals surface area contributed by atoms with E-state index in [0.717, 1.165) is 6.07 Å². The van der Waals surface area contributed by atoms with Gasteiger partial charge >= 0.3 is 0 Å². The van der Waals surface area contributed by atoms with E-state index in [9.17, 15) is 27.6 Å². The number of rotatable bonds is 10. The van der Waals surface area contributed by atoms with E-state index in [4.69, 9.17) is 0 Å². The summed E-state index contributed by atoms with van der Waals surface area (Å²) in [5.74, 6) is -2.32. The van der Waals surface area contributed by atoms with Crippen LogP contribution in [0.4, 0.5) is 18.9 Å². The second-order valence-electron chi connectivity index (χ2n) is 9.59. The van der Waals surface area contributed by atoms with Crippen LogP contribution in [0.1, 0.15) is 30.5 Å². The van der Waals surface area contributed by atoms with Gasteiger partial charge in [-0.3, -0.25) is 14.4 Å². The number of hydrogen-bond acceptors (Lipinski definition) is 3. The Kier molecular flexibility index (Phi) is 8.88. The number of carbonyl (C=O) groups is 2. The van der Waals surface area contributed by atoms with Gasteiger partial charge in [-0.1, -0.05) is 12.1 Å². The lowest BCUT2D eigenvalue weighted by Gasteiger charge is -2.14. The number of nitrogens with one attached hydrogen (secondary N) is 1. The molecule has 7 nitrogen and oxygen atoms in total. The van der Waals surface area contributed by atoms with Crippen molar-refractivity contribution in [2.24, 2.45) is 0 Å². The minimum Gasteiger partial charge on any atom is -0.345 e. The Morgan fingerprint density at radius 1 is 0.975 bits per heavy atom. The van der Waals surface area contributed by atoms with Gasteiger partial charge in [0, 0.05) is 54.9 Å². The normalized spacial score (nSPS) is 11.3. The molecule has 2 amide bonds. The lowest BCUT2D eigenvalue weighted by atomic mass is 10.2. The number of likely N-dealkylation sites (N-methyl/N-ethyl adjacent to an activating group) is 1. The molecular weight excluding hydrogens is 521 g/mol. The summed E-state index contributed by atoms with van der Waals surface area (Å²) < 4.78 is 45.0. The highest BCUT2D eigenvalue weighted by molar-refractivity contribution is 5.90. The van der Waals surface area contributed by atoms with Crippen molar-refractivity contribution in [2.45, 2.75) is 32.4 Å². The number of carbonyl (C=O) groups excluding carboxylic acids is 2. The van der Waals surface area contributed by atoms with E-state index in [2.05, 4.69) is 5.32 Å². The predicted octanol–water partition coefficient (Wildman–Crippen LogP) is 5.07. The monoisotopic (exact) mass is 550 g/mol. The summed E-state index contributed by atoms with van der Waals surface area (Å²) in [4.78, 5) is 38.6. The lowest BCUT2D eigenvalue weighted by Crippen LogP contribution is -2.26. The highest BCUT2D eigenvalue weighted by Crippen LogP contribution is 2.24. The maximum absolute atomic E-state index is 14.5. The zero-order valence-corrected chi connectivity index (χ0v) is 22.2. The summed E-state index contributed by atoms with van der Waals surface area (Å²) in [6.07, 6.45) is 5.91. The van der Waals surface area contributed by atoms with Crippen LogP contribution in [0.25, 0.3) is 10.9 Å². The zero-order valence-electron chi connectivity index (χ0n) is 22.2. The molecule has 0 aliphatic carbocycles. The number of aromatic nitrogens is 2. The Balaban J connectivity index is 1.52. The van der Waals surface area contributed by atoms with Crippen LogP contribution in [-0.4, -0.2) is 39.9 Å². The standard InChI is InChI=1S/C30H29F3N4O3/c1-35(2)29(39)9-5-3-4-8-28(38)34-26-7-6-14-36(30(26)40)19-24-16-21-15-22(31)12-13-27(21)37(24)18-20-10-11-23(32)17-25(20)33/h5-7,9-17H,3-4,8,18-19H2,1-2H3,(H,34,38)/b9-5+. The average molecular weight is 551 g/mol. The van der Waals surface area contributed by atoms with Crippen LogP contribution in [0, 0.1) is 17.5 Å². The van der Waals surface area contributed by atoms with Crippen molar-refractivity contribution in [2.75, 3.05) is 19.4 Å². The largest absolute Gasteiger partial charge is 0.345 e. The quantitative estimate of drug-likeness (QED) is 0.221. The maximum atomic E-state index is 14.5. The molecule has 0 saturated carbocycles. The molecule has 2 heterocycles. The van der Waals surface area contributed by atoms with Crippen molar-refractivity contribution in [1.29, 1.82) is 0 Å². The van der Waals surface area contributed by atoms with E-state index < -0.39 is 23.0 Å². The van der Waals surface area contributed by atoms with Gasteiger partial charge in [0.15, 0.2) is 0 Å². The topological polar surface area (TPSA) is 76.3 Å². The fraction of sp³-hybridized carbons (Fsp3) is 0.233. The van der Waals surface area contributed by atoms with Gasteiger partial charge in [-0.05, 0) is 61.4 Å². The summed E-state index contributed by atoms with van der Waals surface area (Å²) in [7, 11) is 3.30. The van der Waals surface area contributed by atoms with E-state index in [1.54, 1.807) is 49.1 Å². The summed E-state index contributed by atoms with van der Waals surface area (Å²) in [6.45, 7) is 0.0999. The maximum Gasteiger partial charge on any atom is 0.274 e. The van der Waals surface area contributed by atoms with E-state index in [1.807, 2.05) is 0 Å². The molecule has 208 valence electrons. The van der Waals surface area contributed by atoms with Crippen LogP contribution in [0.2, 0.25) is 0 Å². The smallest absolute Gasteiger partial charge is 0.274 e. The highest BCUT2D eigenvalue weighted by Gasteiger charge is 2.15. The number of amides is 2. The van der Waals surface area contributed by atoms with Gasteiger partial charge in [0.05, 0.1) is 13.1 Å². The summed E-state index contributed by atoms with van der Waals surface area (Å²) in [5, 5.41) is 3.21. The molecule has 0 aliphatic heterocycles. The van der Waals surface area contributed by atoms with Crippen LogP contribution >= 0.6 is 0 Å². The van der Waals surface area contributed by atoms with Crippen LogP contribution in [0.3, 0.4) is 0 Å². The van der Waals surface area contributed by atoms with Gasteiger partial charge in [-0.2, -0.15) is 0 Å². The third kappa shape index (κ3) is 6.88. The molecule has 2 aromatic heterocycles. The van der Waals surface area contributed by atoms with Crippen LogP contribution in [-0.2, 0) is 22.7 Å². The minimum atomic E-state index is -0.712. The first kappa shape index (κ1) is 28.4. The Morgan fingerprint density at radius 3 is 2.48 bits per heavy atom. The molecule has 2 aromatic carbocycles. The Hall–Kier alpha value is -4.60. The van der Waals surface area contributed by atoms with Crippen LogP contribution in [0.15, 0.2) is 77.7 Å². The van der Waals surface area contributed by atoms with Gasteiger partial charge in [-0.25, -0.2) is 13.2 Å². The molecule has 1 N–H and O–H groups in total. The summed E-state index contributed by atoms with van der Waals surface area (Å²) in [5.41, 5.74) is 1.11. The first-order valence-corrected chi connectivity index (χ1v) is 12.7. The summed E-state index contributed by atoms with van der Waals surface area (Å²) >= 11 is 0. The molecule has 0 fully saturated rings. The number of benzene rings is 2. The van der Waals surface area contributed by atoms with E-state index in [1.165, 1.54) is 45.9 Å². The fourth-order valence-corrected chi connectivity index (χ4v) is 4.29. The third-order valence-electron chi connectivity index (χ3n) is 6.40. The van der Waals surface area contributed by atoms with Crippen LogP contribution in [0.5, 0.6) is 0 Å². The minimum absolute atomic E-state index is 0.0380. The average Bonchev–Trinajstić information content (AvgIpc) is 3.23. The van der Waals surface area contributed by atoms with Crippen molar-refractivity contribution in [1.82, 2.24) is 14.0 Å². The number of anilines is 1. The molecule has 4 rings (SSSR count). The number of pyridine rings is 1. The molecule has 4 aromatic rings. The van der Waals surface area contributed by atoms with Gasteiger partial charge < -0.3 is 19.4 Å². The van der Waals surface area contributed by atoms with Gasteiger partial charge in [0.25, 0.3) is 5.56 Å². The van der Waals surface area contributed by atoms with Crippen molar-refractivity contribution in [3.8, 4) is 0 Å². The number of fused-ring (bicyclic) bond motifs is 1. The molecule has 0 spiro atoms. The molecule has 0 aliphatic rings. The molecule has 0 unspecified atom stereocenters. The molecular formula is C30H29F3N4O3. The van der Waals surface area contributed by atoms with Gasteiger partial charge in [0.2, 0.25) is 11.8 Å². The second kappa shape index (κ2) is 12.5. The number of halogens is 3. The fourth-order valence-electron chi connectivity index (χ4n) is 4.29. The Bertz CT molecular complexity index is 1640. The SMILES string of the molecule is CN(C)C(=O)/C=C/CCCC(=O)Nc1cccn(Cc2cc3cc(F)ccc3n2Cc2ccc(F)cc2F)c1=O. The van der Waals surface area contributed by atoms with Crippen molar-refractivity contribution in [3.63, 3.8) is 0 Å². The first-order valence-electron chi connectivity index (χ1n) is 12.7. The molecule has 40 heavy (non-hydrogen) atoms. The molecule has 0 bridgehead atoms. The molecule has 0 saturated heterocycles. The molecule has 0 atom stereocenters. The van der Waals surface area contributed by atoms with Crippen LogP contribution < -0.4 is 10.9 Å².